The van der Waals surface area contributed by atoms with Gasteiger partial charge < -0.3 is 10.2 Å². The molecule has 2 nitrogen and oxygen atoms in total. The zero-order valence-electron chi connectivity index (χ0n) is 16.4. The van der Waals surface area contributed by atoms with Crippen LogP contribution in [0.2, 0.25) is 0 Å². The highest BCUT2D eigenvalue weighted by Gasteiger charge is 2.25. The number of phenols is 2. The van der Waals surface area contributed by atoms with Crippen LogP contribution in [0.5, 0.6) is 11.5 Å². The van der Waals surface area contributed by atoms with Gasteiger partial charge in [0.05, 0.1) is 0 Å². The molecule has 0 aliphatic heterocycles. The molecule has 0 aliphatic carbocycles. The lowest BCUT2D eigenvalue weighted by Gasteiger charge is -2.28. The Morgan fingerprint density at radius 3 is 1.36 bits per heavy atom. The van der Waals surface area contributed by atoms with E-state index in [0.717, 1.165) is 27.8 Å². The fraction of sp³-hybridized carbons (Fsp3) is 0.391. The molecule has 0 radical (unpaired) electrons. The van der Waals surface area contributed by atoms with Crippen LogP contribution >= 0.6 is 0 Å². The molecule has 0 atom stereocenters. The molecule has 2 N–H and O–H groups in total. The quantitative estimate of drug-likeness (QED) is 0.690. The lowest BCUT2D eigenvalue weighted by Crippen LogP contribution is -2.17. The molecule has 0 bridgehead atoms. The summed E-state index contributed by atoms with van der Waals surface area (Å²) in [5.41, 5.74) is 5.37. The van der Waals surface area contributed by atoms with Crippen molar-refractivity contribution in [2.75, 3.05) is 0 Å². The molecule has 0 saturated carbocycles. The van der Waals surface area contributed by atoms with Gasteiger partial charge in [0, 0.05) is 0 Å². The first-order valence-electron chi connectivity index (χ1n) is 8.79. The van der Waals surface area contributed by atoms with Crippen LogP contribution in [-0.4, -0.2) is 10.2 Å². The smallest absolute Gasteiger partial charge is 0.115 e. The van der Waals surface area contributed by atoms with Crippen molar-refractivity contribution >= 4 is 5.57 Å². The minimum absolute atomic E-state index is 0.0961. The molecule has 0 aliphatic rings. The molecule has 0 saturated heterocycles. The fourth-order valence-electron chi connectivity index (χ4n) is 3.23. The van der Waals surface area contributed by atoms with Crippen LogP contribution in [0.3, 0.4) is 0 Å². The minimum Gasteiger partial charge on any atom is -0.508 e. The van der Waals surface area contributed by atoms with E-state index >= 15 is 0 Å². The second-order valence-electron chi connectivity index (χ2n) is 8.66. The van der Waals surface area contributed by atoms with Gasteiger partial charge in [0.25, 0.3) is 0 Å². The number of hydrogen-bond acceptors (Lipinski definition) is 2. The molecule has 0 heterocycles. The number of hydrogen-bond donors (Lipinski definition) is 2. The van der Waals surface area contributed by atoms with Gasteiger partial charge in [0.1, 0.15) is 11.5 Å². The zero-order valence-corrected chi connectivity index (χ0v) is 16.4. The van der Waals surface area contributed by atoms with Crippen molar-refractivity contribution in [3.8, 4) is 11.5 Å². The first-order chi connectivity index (χ1) is 11.4. The van der Waals surface area contributed by atoms with Crippen LogP contribution in [0.4, 0.5) is 0 Å². The van der Waals surface area contributed by atoms with Crippen LogP contribution in [0.25, 0.3) is 5.57 Å². The van der Waals surface area contributed by atoms with E-state index in [1.807, 2.05) is 31.2 Å². The largest absolute Gasteiger partial charge is 0.508 e. The standard InChI is InChI=1S/C23H30O2/c1-8-17(18-11-9-15(24)13-20(18)22(2,3)4)19-12-10-16(25)14-21(19)23(5,6)7/h8-14,24-25H,1-7H3. The summed E-state index contributed by atoms with van der Waals surface area (Å²) in [6, 6.07) is 11.2. The highest BCUT2D eigenvalue weighted by molar-refractivity contribution is 5.84. The number of aromatic hydroxyl groups is 2. The van der Waals surface area contributed by atoms with Crippen LogP contribution in [0.15, 0.2) is 42.5 Å². The Morgan fingerprint density at radius 2 is 1.08 bits per heavy atom. The molecular weight excluding hydrogens is 308 g/mol. The van der Waals surface area contributed by atoms with Gasteiger partial charge in [0.2, 0.25) is 0 Å². The van der Waals surface area contributed by atoms with Crippen LogP contribution < -0.4 is 0 Å². The molecule has 0 amide bonds. The van der Waals surface area contributed by atoms with Gasteiger partial charge in [-0.15, -0.1) is 0 Å². The molecule has 134 valence electrons. The van der Waals surface area contributed by atoms with Crippen molar-refractivity contribution < 1.29 is 10.2 Å². The molecule has 2 aromatic rings. The summed E-state index contributed by atoms with van der Waals surface area (Å²) in [6.45, 7) is 15.0. The first kappa shape index (κ1) is 19.1. The first-order valence-corrected chi connectivity index (χ1v) is 8.79. The average Bonchev–Trinajstić information content (AvgIpc) is 2.48. The van der Waals surface area contributed by atoms with Crippen molar-refractivity contribution in [3.05, 3.63) is 64.7 Å². The summed E-state index contributed by atoms with van der Waals surface area (Å²) in [6.07, 6.45) is 2.11. The fourth-order valence-corrected chi connectivity index (χ4v) is 3.23. The molecule has 0 aromatic heterocycles. The molecule has 2 rings (SSSR count). The lowest BCUT2D eigenvalue weighted by atomic mass is 9.76. The number of allylic oxidation sites excluding steroid dienone is 1. The molecular formula is C23H30O2. The van der Waals surface area contributed by atoms with E-state index in [2.05, 4.69) is 47.6 Å². The summed E-state index contributed by atoms with van der Waals surface area (Å²) >= 11 is 0. The third-order valence-corrected chi connectivity index (χ3v) is 4.49. The van der Waals surface area contributed by atoms with Crippen LogP contribution in [0.1, 0.15) is 70.7 Å². The van der Waals surface area contributed by atoms with E-state index in [4.69, 9.17) is 0 Å². The maximum atomic E-state index is 9.99. The summed E-state index contributed by atoms with van der Waals surface area (Å²) < 4.78 is 0. The average molecular weight is 338 g/mol. The number of phenolic OH excluding ortho intramolecular Hbond substituents is 2. The summed E-state index contributed by atoms with van der Waals surface area (Å²) in [4.78, 5) is 0. The van der Waals surface area contributed by atoms with Gasteiger partial charge in [-0.2, -0.15) is 0 Å². The molecule has 2 heteroatoms. The number of benzene rings is 2. The Kier molecular flexibility index (Phi) is 5.04. The third kappa shape index (κ3) is 4.07. The molecule has 2 aromatic carbocycles. The Labute approximate surface area is 151 Å². The van der Waals surface area contributed by atoms with Crippen molar-refractivity contribution in [2.45, 2.75) is 59.3 Å². The summed E-state index contributed by atoms with van der Waals surface area (Å²) in [5.74, 6) is 0.566. The second kappa shape index (κ2) is 6.59. The molecule has 0 spiro atoms. The summed E-state index contributed by atoms with van der Waals surface area (Å²) in [5, 5.41) is 20.0. The van der Waals surface area contributed by atoms with E-state index in [-0.39, 0.29) is 22.3 Å². The van der Waals surface area contributed by atoms with Crippen molar-refractivity contribution in [1.29, 1.82) is 0 Å². The minimum atomic E-state index is -0.0961. The van der Waals surface area contributed by atoms with Crippen molar-refractivity contribution in [1.82, 2.24) is 0 Å². The maximum absolute atomic E-state index is 9.99. The van der Waals surface area contributed by atoms with Gasteiger partial charge in [-0.3, -0.25) is 0 Å². The SMILES string of the molecule is CC=C(c1ccc(O)cc1C(C)(C)C)c1ccc(O)cc1C(C)(C)C. The van der Waals surface area contributed by atoms with E-state index in [0.29, 0.717) is 0 Å². The van der Waals surface area contributed by atoms with Gasteiger partial charge in [-0.1, -0.05) is 59.8 Å². The Morgan fingerprint density at radius 1 is 0.720 bits per heavy atom. The van der Waals surface area contributed by atoms with E-state index in [1.165, 1.54) is 0 Å². The molecule has 0 fully saturated rings. The highest BCUT2D eigenvalue weighted by atomic mass is 16.3. The molecule has 0 unspecified atom stereocenters. The Bertz CT molecular complexity index is 734. The molecule has 25 heavy (non-hydrogen) atoms. The summed E-state index contributed by atoms with van der Waals surface area (Å²) in [7, 11) is 0. The van der Waals surface area contributed by atoms with Gasteiger partial charge >= 0.3 is 0 Å². The number of rotatable bonds is 2. The normalized spacial score (nSPS) is 12.1. The van der Waals surface area contributed by atoms with Crippen molar-refractivity contribution in [2.24, 2.45) is 0 Å². The topological polar surface area (TPSA) is 40.5 Å². The van der Waals surface area contributed by atoms with E-state index in [9.17, 15) is 10.2 Å². The van der Waals surface area contributed by atoms with Gasteiger partial charge in [0.15, 0.2) is 0 Å². The van der Waals surface area contributed by atoms with E-state index in [1.54, 1.807) is 12.1 Å². The zero-order chi connectivity index (χ0) is 19.0. The Hall–Kier alpha value is -2.22. The van der Waals surface area contributed by atoms with Gasteiger partial charge in [-0.25, -0.2) is 0 Å². The van der Waals surface area contributed by atoms with Crippen molar-refractivity contribution in [3.63, 3.8) is 0 Å². The Balaban J connectivity index is 2.77. The second-order valence-corrected chi connectivity index (χ2v) is 8.66. The van der Waals surface area contributed by atoms with Crippen LogP contribution in [0, 0.1) is 0 Å². The predicted octanol–water partition coefficient (Wildman–Crippen LogP) is 6.14. The lowest BCUT2D eigenvalue weighted by molar-refractivity contribution is 0.471. The predicted molar refractivity (Wildman–Crippen MR) is 106 cm³/mol. The van der Waals surface area contributed by atoms with Crippen LogP contribution in [-0.2, 0) is 10.8 Å². The van der Waals surface area contributed by atoms with E-state index < -0.39 is 0 Å². The highest BCUT2D eigenvalue weighted by Crippen LogP contribution is 2.40. The monoisotopic (exact) mass is 338 g/mol. The maximum Gasteiger partial charge on any atom is 0.115 e. The van der Waals surface area contributed by atoms with Gasteiger partial charge in [-0.05, 0) is 69.8 Å². The third-order valence-electron chi connectivity index (χ3n) is 4.49.